The standard InChI is InChI=1S/C19H18IN3S/c20-12-8-9-15-14(11-12)13(5-3-4-10-21)18(22-15)19-23-16-6-1-2-7-17(16)24-19/h1-2,6-9,11,22H,3-5,10,21H2. The zero-order chi connectivity index (χ0) is 16.5. The Hall–Kier alpha value is -1.44. The van der Waals surface area contributed by atoms with Gasteiger partial charge >= 0.3 is 0 Å². The highest BCUT2D eigenvalue weighted by Gasteiger charge is 2.16. The van der Waals surface area contributed by atoms with E-state index in [1.54, 1.807) is 11.3 Å². The van der Waals surface area contributed by atoms with Crippen LogP contribution < -0.4 is 5.73 Å². The second-order valence-corrected chi connectivity index (χ2v) is 8.18. The molecule has 2 heterocycles. The van der Waals surface area contributed by atoms with Gasteiger partial charge in [0.1, 0.15) is 5.01 Å². The van der Waals surface area contributed by atoms with Gasteiger partial charge in [-0.25, -0.2) is 4.98 Å². The molecule has 0 aliphatic rings. The summed E-state index contributed by atoms with van der Waals surface area (Å²) in [6.07, 6.45) is 3.19. The number of thiazole rings is 1. The molecule has 3 N–H and O–H groups in total. The van der Waals surface area contributed by atoms with Crippen molar-refractivity contribution in [1.29, 1.82) is 0 Å². The van der Waals surface area contributed by atoms with Gasteiger partial charge in [0.25, 0.3) is 0 Å². The number of nitrogens with two attached hydrogens (primary N) is 1. The van der Waals surface area contributed by atoms with Crippen molar-refractivity contribution >= 4 is 55.0 Å². The van der Waals surface area contributed by atoms with E-state index in [4.69, 9.17) is 10.7 Å². The Balaban J connectivity index is 1.87. The minimum atomic E-state index is 0.746. The SMILES string of the molecule is NCCCCc1c(-c2nc3ccccc3s2)[nH]c2ccc(I)cc12. The number of hydrogen-bond donors (Lipinski definition) is 2. The van der Waals surface area contributed by atoms with E-state index in [0.29, 0.717) is 0 Å². The third-order valence-electron chi connectivity index (χ3n) is 4.26. The number of fused-ring (bicyclic) bond motifs is 2. The van der Waals surface area contributed by atoms with E-state index in [0.717, 1.165) is 36.3 Å². The number of unbranched alkanes of at least 4 members (excludes halogenated alkanes) is 1. The number of para-hydroxylation sites is 1. The lowest BCUT2D eigenvalue weighted by molar-refractivity contribution is 0.748. The number of rotatable bonds is 5. The average Bonchev–Trinajstić information content (AvgIpc) is 3.16. The summed E-state index contributed by atoms with van der Waals surface area (Å²) in [6.45, 7) is 0.746. The lowest BCUT2D eigenvalue weighted by atomic mass is 10.0. The third-order valence-corrected chi connectivity index (χ3v) is 5.98. The van der Waals surface area contributed by atoms with E-state index in [-0.39, 0.29) is 0 Å². The fourth-order valence-corrected chi connectivity index (χ4v) is 4.57. The van der Waals surface area contributed by atoms with Crippen LogP contribution in [0.4, 0.5) is 0 Å². The van der Waals surface area contributed by atoms with Crippen LogP contribution >= 0.6 is 33.9 Å². The molecule has 4 rings (SSSR count). The Kier molecular flexibility index (Phi) is 4.56. The van der Waals surface area contributed by atoms with Crippen molar-refractivity contribution in [3.8, 4) is 10.7 Å². The summed E-state index contributed by atoms with van der Waals surface area (Å²) in [7, 11) is 0. The number of halogens is 1. The summed E-state index contributed by atoms with van der Waals surface area (Å²) >= 11 is 4.13. The van der Waals surface area contributed by atoms with Crippen molar-refractivity contribution in [1.82, 2.24) is 9.97 Å². The van der Waals surface area contributed by atoms with Crippen molar-refractivity contribution in [3.63, 3.8) is 0 Å². The molecule has 0 unspecified atom stereocenters. The number of H-pyrrole nitrogens is 1. The minimum Gasteiger partial charge on any atom is -0.352 e. The van der Waals surface area contributed by atoms with Gasteiger partial charge in [-0.05, 0) is 84.3 Å². The summed E-state index contributed by atoms with van der Waals surface area (Å²) in [5.74, 6) is 0. The van der Waals surface area contributed by atoms with Crippen LogP contribution in [0.2, 0.25) is 0 Å². The zero-order valence-corrected chi connectivity index (χ0v) is 16.2. The molecule has 3 nitrogen and oxygen atoms in total. The van der Waals surface area contributed by atoms with E-state index in [1.807, 2.05) is 6.07 Å². The third kappa shape index (κ3) is 2.96. The normalized spacial score (nSPS) is 11.6. The monoisotopic (exact) mass is 447 g/mol. The molecule has 4 aromatic rings. The molecule has 24 heavy (non-hydrogen) atoms. The number of benzene rings is 2. The van der Waals surface area contributed by atoms with Gasteiger partial charge in [-0.1, -0.05) is 12.1 Å². The van der Waals surface area contributed by atoms with Gasteiger partial charge in [-0.3, -0.25) is 0 Å². The van der Waals surface area contributed by atoms with Gasteiger partial charge in [-0.15, -0.1) is 11.3 Å². The predicted octanol–water partition coefficient (Wildman–Crippen LogP) is 5.33. The van der Waals surface area contributed by atoms with Crippen LogP contribution in [-0.2, 0) is 6.42 Å². The van der Waals surface area contributed by atoms with Crippen molar-refractivity contribution in [2.75, 3.05) is 6.54 Å². The molecular weight excluding hydrogens is 429 g/mol. The molecule has 5 heteroatoms. The number of aromatic nitrogens is 2. The second kappa shape index (κ2) is 6.82. The van der Waals surface area contributed by atoms with Crippen molar-refractivity contribution in [2.45, 2.75) is 19.3 Å². The fourth-order valence-electron chi connectivity index (χ4n) is 3.09. The van der Waals surface area contributed by atoms with Crippen LogP contribution in [0.25, 0.3) is 31.8 Å². The summed E-state index contributed by atoms with van der Waals surface area (Å²) < 4.78 is 2.49. The highest BCUT2D eigenvalue weighted by atomic mass is 127. The molecule has 0 aliphatic heterocycles. The van der Waals surface area contributed by atoms with Gasteiger partial charge in [0, 0.05) is 14.5 Å². The molecule has 0 bridgehead atoms. The highest BCUT2D eigenvalue weighted by molar-refractivity contribution is 14.1. The van der Waals surface area contributed by atoms with Gasteiger partial charge in [-0.2, -0.15) is 0 Å². The van der Waals surface area contributed by atoms with E-state index in [9.17, 15) is 0 Å². The quantitative estimate of drug-likeness (QED) is 0.321. The van der Waals surface area contributed by atoms with E-state index < -0.39 is 0 Å². The number of hydrogen-bond acceptors (Lipinski definition) is 3. The van der Waals surface area contributed by atoms with Crippen molar-refractivity contribution in [2.24, 2.45) is 5.73 Å². The van der Waals surface area contributed by atoms with Gasteiger partial charge in [0.2, 0.25) is 0 Å². The molecule has 0 spiro atoms. The van der Waals surface area contributed by atoms with Crippen molar-refractivity contribution in [3.05, 3.63) is 51.6 Å². The molecule has 122 valence electrons. The van der Waals surface area contributed by atoms with Gasteiger partial charge in [0.05, 0.1) is 15.9 Å². The molecule has 0 amide bonds. The smallest absolute Gasteiger partial charge is 0.141 e. The first kappa shape index (κ1) is 16.1. The maximum Gasteiger partial charge on any atom is 0.141 e. The van der Waals surface area contributed by atoms with Crippen molar-refractivity contribution < 1.29 is 0 Å². The molecule has 2 aromatic heterocycles. The number of aryl methyl sites for hydroxylation is 1. The van der Waals surface area contributed by atoms with E-state index >= 15 is 0 Å². The first-order valence-electron chi connectivity index (χ1n) is 8.12. The first-order valence-corrected chi connectivity index (χ1v) is 10.0. The maximum atomic E-state index is 5.69. The Labute approximate surface area is 158 Å². The van der Waals surface area contributed by atoms with Crippen LogP contribution in [0.15, 0.2) is 42.5 Å². The Morgan fingerprint density at radius 1 is 1.12 bits per heavy atom. The summed E-state index contributed by atoms with van der Waals surface area (Å²) in [5.41, 5.74) is 10.5. The minimum absolute atomic E-state index is 0.746. The van der Waals surface area contributed by atoms with E-state index in [2.05, 4.69) is 64.0 Å². The second-order valence-electron chi connectivity index (χ2n) is 5.90. The molecule has 0 fully saturated rings. The van der Waals surface area contributed by atoms with Crippen LogP contribution in [-0.4, -0.2) is 16.5 Å². The predicted molar refractivity (Wildman–Crippen MR) is 112 cm³/mol. The number of nitrogens with one attached hydrogen (secondary N) is 1. The summed E-state index contributed by atoms with van der Waals surface area (Å²) in [5, 5.41) is 2.39. The molecule has 0 saturated carbocycles. The van der Waals surface area contributed by atoms with E-state index in [1.165, 1.54) is 30.4 Å². The summed E-state index contributed by atoms with van der Waals surface area (Å²) in [6, 6.07) is 14.9. The largest absolute Gasteiger partial charge is 0.352 e. The molecule has 0 aliphatic carbocycles. The molecule has 0 atom stereocenters. The Morgan fingerprint density at radius 2 is 2.00 bits per heavy atom. The zero-order valence-electron chi connectivity index (χ0n) is 13.2. The van der Waals surface area contributed by atoms with Crippen LogP contribution in [0.5, 0.6) is 0 Å². The molecule has 0 saturated heterocycles. The first-order chi connectivity index (χ1) is 11.8. The maximum absolute atomic E-state index is 5.69. The van der Waals surface area contributed by atoms with Crippen LogP contribution in [0, 0.1) is 3.57 Å². The highest BCUT2D eigenvalue weighted by Crippen LogP contribution is 2.36. The topological polar surface area (TPSA) is 54.7 Å². The molecular formula is C19H18IN3S. The van der Waals surface area contributed by atoms with Crippen LogP contribution in [0.1, 0.15) is 18.4 Å². The van der Waals surface area contributed by atoms with Crippen LogP contribution in [0.3, 0.4) is 0 Å². The number of nitrogens with zero attached hydrogens (tertiary/aromatic N) is 1. The lowest BCUT2D eigenvalue weighted by Gasteiger charge is -2.02. The molecule has 2 aromatic carbocycles. The Morgan fingerprint density at radius 3 is 2.83 bits per heavy atom. The lowest BCUT2D eigenvalue weighted by Crippen LogP contribution is -1.99. The summed E-state index contributed by atoms with van der Waals surface area (Å²) in [4.78, 5) is 8.46. The Bertz CT molecular complexity index is 969. The fraction of sp³-hybridized carbons (Fsp3) is 0.211. The average molecular weight is 447 g/mol. The molecule has 0 radical (unpaired) electrons. The van der Waals surface area contributed by atoms with Gasteiger partial charge < -0.3 is 10.7 Å². The number of aromatic amines is 1. The van der Waals surface area contributed by atoms with Gasteiger partial charge in [0.15, 0.2) is 0 Å².